The maximum absolute atomic E-state index is 12.3. The second-order valence-electron chi connectivity index (χ2n) is 2.58. The highest BCUT2D eigenvalue weighted by Crippen LogP contribution is 2.36. The topological polar surface area (TPSA) is 22.1 Å². The molecule has 0 radical (unpaired) electrons. The highest BCUT2D eigenvalue weighted by Gasteiger charge is 2.36. The van der Waals surface area contributed by atoms with E-state index in [-0.39, 0.29) is 5.88 Å². The van der Waals surface area contributed by atoms with Crippen LogP contribution in [-0.2, 0) is 6.18 Å². The predicted octanol–water partition coefficient (Wildman–Crippen LogP) is 3.05. The van der Waals surface area contributed by atoms with Crippen molar-refractivity contribution in [2.75, 3.05) is 7.11 Å². The van der Waals surface area contributed by atoms with Gasteiger partial charge in [0.2, 0.25) is 5.88 Å². The smallest absolute Gasteiger partial charge is 0.418 e. The second kappa shape index (κ2) is 4.00. The molecule has 1 aromatic rings. The van der Waals surface area contributed by atoms with Gasteiger partial charge in [0.25, 0.3) is 6.43 Å². The van der Waals surface area contributed by atoms with Crippen molar-refractivity contribution in [3.05, 3.63) is 23.4 Å². The van der Waals surface area contributed by atoms with Gasteiger partial charge < -0.3 is 4.74 Å². The van der Waals surface area contributed by atoms with Gasteiger partial charge in [0.1, 0.15) is 5.69 Å². The molecule has 84 valence electrons. The number of aromatic nitrogens is 1. The second-order valence-corrected chi connectivity index (χ2v) is 2.58. The van der Waals surface area contributed by atoms with Gasteiger partial charge in [-0.1, -0.05) is 0 Å². The molecule has 1 aromatic heterocycles. The van der Waals surface area contributed by atoms with Crippen LogP contribution in [0.1, 0.15) is 17.7 Å². The van der Waals surface area contributed by atoms with Crippen LogP contribution < -0.4 is 4.74 Å². The summed E-state index contributed by atoms with van der Waals surface area (Å²) in [6, 6.07) is 1.40. The largest absolute Gasteiger partial charge is 0.481 e. The van der Waals surface area contributed by atoms with Gasteiger partial charge in [-0.25, -0.2) is 13.8 Å². The highest BCUT2D eigenvalue weighted by atomic mass is 19.4. The summed E-state index contributed by atoms with van der Waals surface area (Å²) in [4.78, 5) is 3.06. The molecule has 0 aliphatic rings. The van der Waals surface area contributed by atoms with Crippen LogP contribution in [0.4, 0.5) is 22.0 Å². The lowest BCUT2D eigenvalue weighted by Gasteiger charge is -2.12. The van der Waals surface area contributed by atoms with Crippen molar-refractivity contribution in [2.45, 2.75) is 12.6 Å². The minimum atomic E-state index is -4.84. The van der Waals surface area contributed by atoms with Gasteiger partial charge in [-0.15, -0.1) is 0 Å². The Balaban J connectivity index is 3.28. The van der Waals surface area contributed by atoms with Crippen LogP contribution in [0.3, 0.4) is 0 Å². The van der Waals surface area contributed by atoms with Crippen LogP contribution >= 0.6 is 0 Å². The van der Waals surface area contributed by atoms with E-state index in [0.29, 0.717) is 6.07 Å². The standard InChI is InChI=1S/C8H6F5NO/c1-15-5-3-2-4(8(11,12)13)6(14-5)7(9)10/h2-3,7H,1H3. The molecule has 0 atom stereocenters. The maximum Gasteiger partial charge on any atom is 0.418 e. The van der Waals surface area contributed by atoms with E-state index in [1.54, 1.807) is 0 Å². The third kappa shape index (κ3) is 2.54. The lowest BCUT2D eigenvalue weighted by molar-refractivity contribution is -0.140. The number of nitrogens with zero attached hydrogens (tertiary/aromatic N) is 1. The molecular formula is C8H6F5NO. The Kier molecular flexibility index (Phi) is 3.11. The summed E-state index contributed by atoms with van der Waals surface area (Å²) in [6.07, 6.45) is -8.14. The molecule has 1 rings (SSSR count). The van der Waals surface area contributed by atoms with Crippen LogP contribution in [0.25, 0.3) is 0 Å². The van der Waals surface area contributed by atoms with Gasteiger partial charge in [0, 0.05) is 6.07 Å². The number of methoxy groups -OCH3 is 1. The summed E-state index contributed by atoms with van der Waals surface area (Å²) < 4.78 is 65.7. The van der Waals surface area contributed by atoms with E-state index >= 15 is 0 Å². The van der Waals surface area contributed by atoms with Crippen LogP contribution in [0.2, 0.25) is 0 Å². The quantitative estimate of drug-likeness (QED) is 0.724. The minimum Gasteiger partial charge on any atom is -0.481 e. The summed E-state index contributed by atoms with van der Waals surface area (Å²) >= 11 is 0. The van der Waals surface area contributed by atoms with E-state index in [1.807, 2.05) is 0 Å². The van der Waals surface area contributed by atoms with Crippen LogP contribution in [0.15, 0.2) is 12.1 Å². The predicted molar refractivity (Wildman–Crippen MR) is 40.7 cm³/mol. The Hall–Kier alpha value is -1.40. The number of hydrogen-bond acceptors (Lipinski definition) is 2. The summed E-state index contributed by atoms with van der Waals surface area (Å²) in [7, 11) is 1.13. The Morgan fingerprint density at radius 1 is 1.27 bits per heavy atom. The maximum atomic E-state index is 12.3. The number of rotatable bonds is 2. The fourth-order valence-electron chi connectivity index (χ4n) is 0.976. The van der Waals surface area contributed by atoms with Gasteiger partial charge in [-0.2, -0.15) is 13.2 Å². The van der Waals surface area contributed by atoms with Crippen molar-refractivity contribution in [3.63, 3.8) is 0 Å². The summed E-state index contributed by atoms with van der Waals surface area (Å²) in [6.45, 7) is 0. The molecule has 15 heavy (non-hydrogen) atoms. The van der Waals surface area contributed by atoms with Crippen molar-refractivity contribution < 1.29 is 26.7 Å². The molecule has 0 amide bonds. The molecule has 0 aromatic carbocycles. The third-order valence-electron chi connectivity index (χ3n) is 1.62. The minimum absolute atomic E-state index is 0.279. The number of halogens is 5. The molecule has 0 spiro atoms. The molecule has 2 nitrogen and oxygen atoms in total. The van der Waals surface area contributed by atoms with Gasteiger partial charge in [0.15, 0.2) is 0 Å². The number of hydrogen-bond donors (Lipinski definition) is 0. The zero-order valence-corrected chi connectivity index (χ0v) is 7.48. The van der Waals surface area contributed by atoms with Crippen LogP contribution in [-0.4, -0.2) is 12.1 Å². The summed E-state index contributed by atoms with van der Waals surface area (Å²) in [5, 5.41) is 0. The normalized spacial score (nSPS) is 11.9. The van der Waals surface area contributed by atoms with Gasteiger partial charge in [-0.05, 0) is 6.07 Å². The molecule has 0 aliphatic heterocycles. The van der Waals surface area contributed by atoms with E-state index in [1.165, 1.54) is 0 Å². The Bertz CT molecular complexity index is 349. The fourth-order valence-corrected chi connectivity index (χ4v) is 0.976. The van der Waals surface area contributed by atoms with E-state index in [2.05, 4.69) is 9.72 Å². The fraction of sp³-hybridized carbons (Fsp3) is 0.375. The Labute approximate surface area is 81.7 Å². The molecule has 0 aliphatic carbocycles. The van der Waals surface area contributed by atoms with E-state index in [9.17, 15) is 22.0 Å². The molecule has 0 unspecified atom stereocenters. The molecule has 0 saturated carbocycles. The lowest BCUT2D eigenvalue weighted by atomic mass is 10.2. The number of pyridine rings is 1. The summed E-state index contributed by atoms with van der Waals surface area (Å²) in [5.74, 6) is -0.279. The monoisotopic (exact) mass is 227 g/mol. The first-order valence-corrected chi connectivity index (χ1v) is 3.76. The van der Waals surface area contributed by atoms with Gasteiger partial charge in [-0.3, -0.25) is 0 Å². The Morgan fingerprint density at radius 3 is 2.27 bits per heavy atom. The third-order valence-corrected chi connectivity index (χ3v) is 1.62. The molecular weight excluding hydrogens is 221 g/mol. The van der Waals surface area contributed by atoms with E-state index in [0.717, 1.165) is 13.2 Å². The van der Waals surface area contributed by atoms with Crippen molar-refractivity contribution in [3.8, 4) is 5.88 Å². The molecule has 1 heterocycles. The molecule has 7 heteroatoms. The highest BCUT2D eigenvalue weighted by molar-refractivity contribution is 5.29. The SMILES string of the molecule is COc1ccc(C(F)(F)F)c(C(F)F)n1. The first-order chi connectivity index (χ1) is 6.86. The Morgan fingerprint density at radius 2 is 1.87 bits per heavy atom. The van der Waals surface area contributed by atoms with Crippen molar-refractivity contribution in [1.82, 2.24) is 4.98 Å². The average Bonchev–Trinajstić information content (AvgIpc) is 2.15. The first kappa shape index (κ1) is 11.7. The van der Waals surface area contributed by atoms with E-state index in [4.69, 9.17) is 0 Å². The lowest BCUT2D eigenvalue weighted by Crippen LogP contribution is -2.11. The molecule has 0 bridgehead atoms. The number of ether oxygens (including phenoxy) is 1. The molecule has 0 saturated heterocycles. The van der Waals surface area contributed by atoms with Crippen LogP contribution in [0, 0.1) is 0 Å². The zero-order valence-electron chi connectivity index (χ0n) is 7.48. The zero-order chi connectivity index (χ0) is 11.6. The van der Waals surface area contributed by atoms with Crippen LogP contribution in [0.5, 0.6) is 5.88 Å². The van der Waals surface area contributed by atoms with E-state index < -0.39 is 23.9 Å². The summed E-state index contributed by atoms with van der Waals surface area (Å²) in [5.41, 5.74) is -2.76. The molecule has 0 N–H and O–H groups in total. The molecule has 0 fully saturated rings. The first-order valence-electron chi connectivity index (χ1n) is 3.76. The van der Waals surface area contributed by atoms with Crippen molar-refractivity contribution in [1.29, 1.82) is 0 Å². The van der Waals surface area contributed by atoms with Crippen molar-refractivity contribution in [2.24, 2.45) is 0 Å². The average molecular weight is 227 g/mol. The van der Waals surface area contributed by atoms with Gasteiger partial charge in [0.05, 0.1) is 12.7 Å². The van der Waals surface area contributed by atoms with Gasteiger partial charge >= 0.3 is 6.18 Å². The number of alkyl halides is 5. The van der Waals surface area contributed by atoms with Crippen molar-refractivity contribution >= 4 is 0 Å².